The third-order valence-electron chi connectivity index (χ3n) is 8.11. The van der Waals surface area contributed by atoms with Crippen molar-refractivity contribution in [2.24, 2.45) is 13.0 Å². The lowest BCUT2D eigenvalue weighted by Gasteiger charge is -2.30. The maximum Gasteiger partial charge on any atom is 0.229 e. The molecule has 1 saturated heterocycles. The number of halogens is 1. The summed E-state index contributed by atoms with van der Waals surface area (Å²) in [4.78, 5) is 19.6. The summed E-state index contributed by atoms with van der Waals surface area (Å²) in [6.07, 6.45) is 6.27. The van der Waals surface area contributed by atoms with E-state index in [1.165, 1.54) is 12.8 Å². The van der Waals surface area contributed by atoms with Crippen molar-refractivity contribution in [3.63, 3.8) is 0 Å². The van der Waals surface area contributed by atoms with E-state index in [2.05, 4.69) is 23.6 Å². The Hall–Kier alpha value is -3.19. The van der Waals surface area contributed by atoms with Gasteiger partial charge >= 0.3 is 0 Å². The summed E-state index contributed by atoms with van der Waals surface area (Å²) >= 11 is 0. The third-order valence-corrected chi connectivity index (χ3v) is 8.11. The number of ether oxygens (including phenoxy) is 1. The molecule has 194 valence electrons. The lowest BCUT2D eigenvalue weighted by atomic mass is 9.89. The van der Waals surface area contributed by atoms with Crippen LogP contribution in [-0.2, 0) is 23.0 Å². The number of fused-ring (bicyclic) bond motifs is 2. The molecule has 1 saturated carbocycles. The zero-order chi connectivity index (χ0) is 25.5. The van der Waals surface area contributed by atoms with Crippen LogP contribution in [0.4, 0.5) is 4.39 Å². The van der Waals surface area contributed by atoms with E-state index in [-0.39, 0.29) is 31.0 Å². The van der Waals surface area contributed by atoms with Crippen molar-refractivity contribution in [1.29, 1.82) is 0 Å². The van der Waals surface area contributed by atoms with Gasteiger partial charge in [-0.2, -0.15) is 0 Å². The number of aromatic nitrogens is 2. The minimum Gasteiger partial charge on any atom is -0.436 e. The van der Waals surface area contributed by atoms with Crippen molar-refractivity contribution >= 4 is 27.9 Å². The van der Waals surface area contributed by atoms with Gasteiger partial charge in [-0.25, -0.2) is 9.37 Å². The summed E-state index contributed by atoms with van der Waals surface area (Å²) in [7, 11) is 2.01. The van der Waals surface area contributed by atoms with Gasteiger partial charge in [-0.15, -0.1) is 0 Å². The van der Waals surface area contributed by atoms with E-state index in [9.17, 15) is 9.18 Å². The smallest absolute Gasteiger partial charge is 0.229 e. The molecule has 1 aliphatic heterocycles. The van der Waals surface area contributed by atoms with Crippen LogP contribution in [0.1, 0.15) is 44.6 Å². The van der Waals surface area contributed by atoms with Gasteiger partial charge in [0.25, 0.3) is 0 Å². The highest BCUT2D eigenvalue weighted by atomic mass is 19.1. The van der Waals surface area contributed by atoms with E-state index in [1.807, 2.05) is 43.6 Å². The molecule has 1 unspecified atom stereocenters. The van der Waals surface area contributed by atoms with E-state index in [4.69, 9.17) is 14.1 Å². The highest BCUT2D eigenvalue weighted by Gasteiger charge is 2.36. The molecule has 0 radical (unpaired) electrons. The van der Waals surface area contributed by atoms with E-state index >= 15 is 0 Å². The first-order valence-corrected chi connectivity index (χ1v) is 13.4. The molecule has 1 aliphatic carbocycles. The summed E-state index contributed by atoms with van der Waals surface area (Å²) in [5.41, 5.74) is 4.27. The van der Waals surface area contributed by atoms with Gasteiger partial charge < -0.3 is 18.6 Å². The molecule has 4 aromatic rings. The normalized spacial score (nSPS) is 24.4. The molecule has 6 nitrogen and oxygen atoms in total. The first-order chi connectivity index (χ1) is 17.9. The van der Waals surface area contributed by atoms with Gasteiger partial charge in [0.15, 0.2) is 5.58 Å². The number of alkyl halides is 1. The lowest BCUT2D eigenvalue weighted by molar-refractivity contribution is -0.133. The van der Waals surface area contributed by atoms with Crippen molar-refractivity contribution in [3.05, 3.63) is 54.2 Å². The van der Waals surface area contributed by atoms with Crippen LogP contribution < -0.4 is 0 Å². The first kappa shape index (κ1) is 24.2. The van der Waals surface area contributed by atoms with Crippen molar-refractivity contribution < 1.29 is 18.3 Å². The van der Waals surface area contributed by atoms with Crippen LogP contribution in [0.25, 0.3) is 33.5 Å². The number of hydrogen-bond donors (Lipinski definition) is 0. The molecule has 2 aromatic heterocycles. The molecule has 1 amide bonds. The molecule has 2 aromatic carbocycles. The van der Waals surface area contributed by atoms with Gasteiger partial charge in [-0.3, -0.25) is 4.79 Å². The molecule has 2 atom stereocenters. The zero-order valence-electron chi connectivity index (χ0n) is 21.5. The van der Waals surface area contributed by atoms with Crippen LogP contribution in [0.3, 0.4) is 0 Å². The highest BCUT2D eigenvalue weighted by molar-refractivity contribution is 5.95. The second-order valence-electron chi connectivity index (χ2n) is 10.9. The highest BCUT2D eigenvalue weighted by Crippen LogP contribution is 2.32. The minimum atomic E-state index is -0.996. The van der Waals surface area contributed by atoms with Crippen molar-refractivity contribution in [2.75, 3.05) is 13.2 Å². The second kappa shape index (κ2) is 9.93. The molecule has 0 N–H and O–H groups in total. The van der Waals surface area contributed by atoms with E-state index in [0.29, 0.717) is 24.5 Å². The fourth-order valence-corrected chi connectivity index (χ4v) is 5.95. The zero-order valence-corrected chi connectivity index (χ0v) is 21.5. The van der Waals surface area contributed by atoms with Gasteiger partial charge in [0.1, 0.15) is 11.7 Å². The predicted molar refractivity (Wildman–Crippen MR) is 142 cm³/mol. The number of likely N-dealkylation sites (tertiary alicyclic amines) is 1. The molecule has 7 heteroatoms. The summed E-state index contributed by atoms with van der Waals surface area (Å²) in [5, 5.41) is 1.08. The fourth-order valence-electron chi connectivity index (χ4n) is 5.95. The van der Waals surface area contributed by atoms with Crippen LogP contribution in [0.5, 0.6) is 0 Å². The Labute approximate surface area is 216 Å². The Kier molecular flexibility index (Phi) is 6.49. The number of aryl methyl sites for hydroxylation is 1. The quantitative estimate of drug-likeness (QED) is 0.321. The Balaban J connectivity index is 1.15. The summed E-state index contributed by atoms with van der Waals surface area (Å²) in [6, 6.07) is 13.6. The summed E-state index contributed by atoms with van der Waals surface area (Å²) < 4.78 is 28.7. The molecule has 0 spiro atoms. The number of para-hydroxylation sites is 1. The van der Waals surface area contributed by atoms with Crippen LogP contribution in [0.2, 0.25) is 0 Å². The molecular formula is C30H34FN3O3. The first-order valence-electron chi connectivity index (χ1n) is 13.4. The SMILES string of the molecule is CC1CCC(OCC2C[C@H](F)CN2C(=O)Cc2ccc3nc(-c4cn(C)c5ccccc45)oc3c2)CC1. The van der Waals surface area contributed by atoms with Gasteiger partial charge in [-0.1, -0.05) is 31.2 Å². The number of benzene rings is 2. The number of carbonyl (C=O) groups is 1. The van der Waals surface area contributed by atoms with Gasteiger partial charge in [0, 0.05) is 30.6 Å². The largest absolute Gasteiger partial charge is 0.436 e. The van der Waals surface area contributed by atoms with Crippen LogP contribution in [0, 0.1) is 5.92 Å². The Morgan fingerprint density at radius 1 is 1.16 bits per heavy atom. The Morgan fingerprint density at radius 2 is 1.97 bits per heavy atom. The molecule has 3 heterocycles. The predicted octanol–water partition coefficient (Wildman–Crippen LogP) is 6.06. The molecular weight excluding hydrogens is 469 g/mol. The third kappa shape index (κ3) is 4.89. The molecule has 0 bridgehead atoms. The maximum atomic E-state index is 14.4. The Bertz CT molecular complexity index is 1420. The average molecular weight is 504 g/mol. The van der Waals surface area contributed by atoms with Crippen molar-refractivity contribution in [2.45, 2.75) is 63.8 Å². The molecule has 6 rings (SSSR count). The molecule has 2 aliphatic rings. The monoisotopic (exact) mass is 503 g/mol. The average Bonchev–Trinajstić information content (AvgIpc) is 3.58. The second-order valence-corrected chi connectivity index (χ2v) is 10.9. The number of rotatable bonds is 6. The summed E-state index contributed by atoms with van der Waals surface area (Å²) in [6.45, 7) is 2.84. The van der Waals surface area contributed by atoms with Gasteiger partial charge in [0.2, 0.25) is 11.8 Å². The van der Waals surface area contributed by atoms with E-state index in [1.54, 1.807) is 4.90 Å². The van der Waals surface area contributed by atoms with Crippen LogP contribution in [-0.4, -0.2) is 51.8 Å². The van der Waals surface area contributed by atoms with Crippen LogP contribution in [0.15, 0.2) is 53.1 Å². The maximum absolute atomic E-state index is 14.4. The molecule has 37 heavy (non-hydrogen) atoms. The number of carbonyl (C=O) groups excluding carboxylic acids is 1. The number of amides is 1. The summed E-state index contributed by atoms with van der Waals surface area (Å²) in [5.74, 6) is 1.24. The standard InChI is InChI=1S/C30H34FN3O3/c1-19-7-10-23(11-8-19)36-18-22-15-21(31)16-34(22)29(35)14-20-9-12-26-28(13-20)37-30(32-26)25-17-33(2)27-6-4-3-5-24(25)27/h3-6,9,12-13,17,19,21-23H,7-8,10-11,14-16,18H2,1-2H3/t19?,21-,22?,23?/m0/s1. The fraction of sp³-hybridized carbons (Fsp3) is 0.467. The van der Waals surface area contributed by atoms with Gasteiger partial charge in [0.05, 0.1) is 37.3 Å². The van der Waals surface area contributed by atoms with Crippen molar-refractivity contribution in [3.8, 4) is 11.5 Å². The molecule has 2 fully saturated rings. The van der Waals surface area contributed by atoms with Crippen molar-refractivity contribution in [1.82, 2.24) is 14.5 Å². The van der Waals surface area contributed by atoms with Gasteiger partial charge in [-0.05, 0) is 55.4 Å². The number of hydrogen-bond acceptors (Lipinski definition) is 4. The number of oxazole rings is 1. The lowest BCUT2D eigenvalue weighted by Crippen LogP contribution is -2.40. The van der Waals surface area contributed by atoms with E-state index < -0.39 is 6.17 Å². The number of nitrogens with zero attached hydrogens (tertiary/aromatic N) is 3. The Morgan fingerprint density at radius 3 is 2.81 bits per heavy atom. The van der Waals surface area contributed by atoms with E-state index in [0.717, 1.165) is 46.3 Å². The van der Waals surface area contributed by atoms with Crippen LogP contribution >= 0.6 is 0 Å². The minimum absolute atomic E-state index is 0.0702. The topological polar surface area (TPSA) is 60.5 Å².